The Balaban J connectivity index is 1.29. The van der Waals surface area contributed by atoms with E-state index in [0.29, 0.717) is 5.56 Å². The molecule has 8 aromatic carbocycles. The van der Waals surface area contributed by atoms with Crippen LogP contribution >= 0.6 is 0 Å². The van der Waals surface area contributed by atoms with E-state index >= 15 is 4.39 Å². The standard InChI is InChI=1S/C46H30FNO/c47-41-25-6-4-21-38(41)39-24-11-16-32-15-10-23-37(45(32)39)34-18-9-20-36(30-34)48(35-19-8-17-33(29-35)31-13-2-1-3-14-31)42-26-12-28-44-46(42)40-22-5-7-27-43(40)49-44/h1-30H. The molecule has 3 heteroatoms. The van der Waals surface area contributed by atoms with Crippen molar-refractivity contribution in [2.24, 2.45) is 0 Å². The van der Waals surface area contributed by atoms with E-state index in [0.717, 1.165) is 77.6 Å². The van der Waals surface area contributed by atoms with Gasteiger partial charge in [-0.05, 0) is 87.1 Å². The number of benzene rings is 8. The smallest absolute Gasteiger partial charge is 0.137 e. The number of nitrogens with zero attached hydrogens (tertiary/aromatic N) is 1. The van der Waals surface area contributed by atoms with Gasteiger partial charge in [-0.25, -0.2) is 4.39 Å². The van der Waals surface area contributed by atoms with E-state index in [1.807, 2.05) is 48.5 Å². The zero-order valence-electron chi connectivity index (χ0n) is 26.6. The van der Waals surface area contributed by atoms with Crippen LogP contribution in [0.3, 0.4) is 0 Å². The Kier molecular flexibility index (Phi) is 7.02. The lowest BCUT2D eigenvalue weighted by Crippen LogP contribution is -2.10. The van der Waals surface area contributed by atoms with Gasteiger partial charge in [0.25, 0.3) is 0 Å². The molecule has 0 fully saturated rings. The van der Waals surface area contributed by atoms with E-state index in [9.17, 15) is 0 Å². The van der Waals surface area contributed by atoms with Gasteiger partial charge in [0, 0.05) is 22.3 Å². The van der Waals surface area contributed by atoms with E-state index in [2.05, 4.69) is 126 Å². The van der Waals surface area contributed by atoms with E-state index in [4.69, 9.17) is 4.42 Å². The second-order valence-corrected chi connectivity index (χ2v) is 12.2. The number of furan rings is 1. The first kappa shape index (κ1) is 28.7. The number of hydrogen-bond donors (Lipinski definition) is 0. The van der Waals surface area contributed by atoms with Gasteiger partial charge in [0.1, 0.15) is 17.0 Å². The lowest BCUT2D eigenvalue weighted by atomic mass is 9.91. The maximum Gasteiger partial charge on any atom is 0.137 e. The van der Waals surface area contributed by atoms with Crippen molar-refractivity contribution in [3.05, 3.63) is 188 Å². The quantitative estimate of drug-likeness (QED) is 0.182. The van der Waals surface area contributed by atoms with Crippen molar-refractivity contribution in [3.8, 4) is 33.4 Å². The molecule has 0 radical (unpaired) electrons. The predicted molar refractivity (Wildman–Crippen MR) is 202 cm³/mol. The van der Waals surface area contributed by atoms with Crippen LogP contribution in [0.15, 0.2) is 186 Å². The summed E-state index contributed by atoms with van der Waals surface area (Å²) in [7, 11) is 0. The van der Waals surface area contributed by atoms with Gasteiger partial charge in [0.2, 0.25) is 0 Å². The van der Waals surface area contributed by atoms with E-state index in [-0.39, 0.29) is 5.82 Å². The molecule has 0 N–H and O–H groups in total. The van der Waals surface area contributed by atoms with Crippen molar-refractivity contribution < 1.29 is 8.81 Å². The van der Waals surface area contributed by atoms with Crippen molar-refractivity contribution in [1.29, 1.82) is 0 Å². The predicted octanol–water partition coefficient (Wildman–Crippen LogP) is 13.3. The molecule has 0 unspecified atom stereocenters. The van der Waals surface area contributed by atoms with Crippen LogP contribution < -0.4 is 4.90 Å². The van der Waals surface area contributed by atoms with Crippen molar-refractivity contribution in [3.63, 3.8) is 0 Å². The molecule has 1 aromatic heterocycles. The summed E-state index contributed by atoms with van der Waals surface area (Å²) in [6.07, 6.45) is 0. The first-order chi connectivity index (χ1) is 24.2. The molecule has 0 saturated carbocycles. The Morgan fingerprint density at radius 3 is 1.82 bits per heavy atom. The van der Waals surface area contributed by atoms with Crippen LogP contribution in [0.4, 0.5) is 21.5 Å². The summed E-state index contributed by atoms with van der Waals surface area (Å²) in [6, 6.07) is 61.7. The van der Waals surface area contributed by atoms with Crippen LogP contribution in [0.25, 0.3) is 66.1 Å². The average molecular weight is 632 g/mol. The molecule has 2 nitrogen and oxygen atoms in total. The van der Waals surface area contributed by atoms with Crippen molar-refractivity contribution >= 4 is 49.8 Å². The van der Waals surface area contributed by atoms with Gasteiger partial charge >= 0.3 is 0 Å². The van der Waals surface area contributed by atoms with Gasteiger partial charge in [0.15, 0.2) is 0 Å². The van der Waals surface area contributed by atoms with Gasteiger partial charge < -0.3 is 9.32 Å². The molecule has 0 aliphatic heterocycles. The van der Waals surface area contributed by atoms with Crippen molar-refractivity contribution in [2.75, 3.05) is 4.90 Å². The fourth-order valence-electron chi connectivity index (χ4n) is 7.12. The Labute approximate surface area is 283 Å². The van der Waals surface area contributed by atoms with Crippen LogP contribution in [-0.4, -0.2) is 0 Å². The van der Waals surface area contributed by atoms with Gasteiger partial charge in [-0.15, -0.1) is 0 Å². The Bertz CT molecular complexity index is 2630. The van der Waals surface area contributed by atoms with Gasteiger partial charge in [-0.3, -0.25) is 0 Å². The number of para-hydroxylation sites is 1. The number of rotatable bonds is 6. The second kappa shape index (κ2) is 12.0. The highest BCUT2D eigenvalue weighted by molar-refractivity contribution is 6.13. The Morgan fingerprint density at radius 1 is 0.408 bits per heavy atom. The zero-order valence-corrected chi connectivity index (χ0v) is 26.6. The molecule has 0 aliphatic rings. The largest absolute Gasteiger partial charge is 0.456 e. The van der Waals surface area contributed by atoms with Crippen LogP contribution in [0.1, 0.15) is 0 Å². The lowest BCUT2D eigenvalue weighted by molar-refractivity contribution is 0.631. The maximum absolute atomic E-state index is 15.2. The fraction of sp³-hybridized carbons (Fsp3) is 0. The lowest BCUT2D eigenvalue weighted by Gasteiger charge is -2.27. The van der Waals surface area contributed by atoms with Crippen molar-refractivity contribution in [1.82, 2.24) is 0 Å². The van der Waals surface area contributed by atoms with E-state index in [1.54, 1.807) is 6.07 Å². The minimum atomic E-state index is -0.233. The van der Waals surface area contributed by atoms with Crippen LogP contribution in [0.5, 0.6) is 0 Å². The van der Waals surface area contributed by atoms with Gasteiger partial charge in [-0.2, -0.15) is 0 Å². The molecule has 0 atom stereocenters. The van der Waals surface area contributed by atoms with Gasteiger partial charge in [0.05, 0.1) is 11.1 Å². The molecule has 49 heavy (non-hydrogen) atoms. The monoisotopic (exact) mass is 631 g/mol. The molecule has 0 aliphatic carbocycles. The van der Waals surface area contributed by atoms with Crippen molar-refractivity contribution in [2.45, 2.75) is 0 Å². The van der Waals surface area contributed by atoms with Crippen LogP contribution in [-0.2, 0) is 0 Å². The summed E-state index contributed by atoms with van der Waals surface area (Å²) in [5, 5.41) is 4.20. The Morgan fingerprint density at radius 2 is 1.00 bits per heavy atom. The summed E-state index contributed by atoms with van der Waals surface area (Å²) >= 11 is 0. The van der Waals surface area contributed by atoms with Crippen LogP contribution in [0, 0.1) is 5.82 Å². The molecule has 0 saturated heterocycles. The minimum Gasteiger partial charge on any atom is -0.456 e. The second-order valence-electron chi connectivity index (χ2n) is 12.2. The third-order valence-corrected chi connectivity index (χ3v) is 9.32. The topological polar surface area (TPSA) is 16.4 Å². The minimum absolute atomic E-state index is 0.233. The highest BCUT2D eigenvalue weighted by Crippen LogP contribution is 2.45. The first-order valence-electron chi connectivity index (χ1n) is 16.5. The zero-order chi connectivity index (χ0) is 32.7. The maximum atomic E-state index is 15.2. The molecule has 0 spiro atoms. The summed E-state index contributed by atoms with van der Waals surface area (Å²) in [5.74, 6) is -0.233. The molecule has 232 valence electrons. The van der Waals surface area contributed by atoms with E-state index in [1.165, 1.54) is 6.07 Å². The summed E-state index contributed by atoms with van der Waals surface area (Å²) in [6.45, 7) is 0. The SMILES string of the molecule is Fc1ccccc1-c1cccc2cccc(-c3cccc(N(c4cccc(-c5ccccc5)c4)c4cccc5oc6ccccc6c45)c3)c12. The Hall–Kier alpha value is -6.45. The molecule has 9 rings (SSSR count). The highest BCUT2D eigenvalue weighted by atomic mass is 19.1. The van der Waals surface area contributed by atoms with E-state index < -0.39 is 0 Å². The first-order valence-corrected chi connectivity index (χ1v) is 16.5. The summed E-state index contributed by atoms with van der Waals surface area (Å²) in [5.41, 5.74) is 10.6. The normalized spacial score (nSPS) is 11.4. The van der Waals surface area contributed by atoms with Crippen LogP contribution in [0.2, 0.25) is 0 Å². The number of anilines is 3. The third kappa shape index (κ3) is 5.04. The molecular weight excluding hydrogens is 602 g/mol. The number of fused-ring (bicyclic) bond motifs is 4. The molecule has 0 amide bonds. The molecule has 9 aromatic rings. The fourth-order valence-corrected chi connectivity index (χ4v) is 7.12. The molecule has 1 heterocycles. The number of hydrogen-bond acceptors (Lipinski definition) is 2. The third-order valence-electron chi connectivity index (χ3n) is 9.32. The highest BCUT2D eigenvalue weighted by Gasteiger charge is 2.21. The average Bonchev–Trinajstić information content (AvgIpc) is 3.55. The summed E-state index contributed by atoms with van der Waals surface area (Å²) < 4.78 is 21.6. The summed E-state index contributed by atoms with van der Waals surface area (Å²) in [4.78, 5) is 2.32. The number of halogens is 1. The molecule has 0 bridgehead atoms. The molecular formula is C46H30FNO. The van der Waals surface area contributed by atoms with Gasteiger partial charge in [-0.1, -0.05) is 133 Å².